The van der Waals surface area contributed by atoms with Crippen LogP contribution in [0.4, 0.5) is 14.9 Å². The monoisotopic (exact) mass is 588 g/mol. The molecule has 0 aromatic heterocycles. The third kappa shape index (κ3) is 6.25. The quantitative estimate of drug-likeness (QED) is 0.327. The predicted octanol–water partition coefficient (Wildman–Crippen LogP) is 4.79. The number of urea groups is 1. The molecular weight excluding hydrogens is 551 g/mol. The summed E-state index contributed by atoms with van der Waals surface area (Å²) in [7, 11) is 2.90. The van der Waals surface area contributed by atoms with Crippen LogP contribution in [0.2, 0.25) is 0 Å². The van der Waals surface area contributed by atoms with E-state index in [2.05, 4.69) is 16.0 Å². The summed E-state index contributed by atoms with van der Waals surface area (Å²) in [5, 5.41) is 8.87. The molecule has 2 aliphatic rings. The zero-order valence-corrected chi connectivity index (χ0v) is 24.9. The maximum Gasteiger partial charge on any atom is 0.323 e. The number of imide groups is 1. The first-order valence-electron chi connectivity index (χ1n) is 14.4. The molecule has 2 aliphatic heterocycles. The minimum Gasteiger partial charge on any atom is -0.496 e. The minimum absolute atomic E-state index is 0.0574. The molecular formula is C33H37FN4O5. The maximum atomic E-state index is 15.5. The average Bonchev–Trinajstić information content (AvgIpc) is 3.00. The second kappa shape index (κ2) is 12.9. The zero-order chi connectivity index (χ0) is 30.7. The second-order valence-corrected chi connectivity index (χ2v) is 11.0. The molecule has 5 rings (SSSR count). The lowest BCUT2D eigenvalue weighted by molar-refractivity contribution is -0.138. The molecule has 0 spiro atoms. The molecule has 226 valence electrons. The average molecular weight is 589 g/mol. The third-order valence-corrected chi connectivity index (χ3v) is 8.40. The lowest BCUT2D eigenvalue weighted by Gasteiger charge is -2.28. The summed E-state index contributed by atoms with van der Waals surface area (Å²) < 4.78 is 26.6. The Hall–Kier alpha value is -4.28. The summed E-state index contributed by atoms with van der Waals surface area (Å²) in [6.45, 7) is 5.61. The number of amides is 4. The molecule has 43 heavy (non-hydrogen) atoms. The van der Waals surface area contributed by atoms with Crippen molar-refractivity contribution in [2.75, 3.05) is 39.2 Å². The van der Waals surface area contributed by atoms with E-state index in [-0.39, 0.29) is 18.4 Å². The van der Waals surface area contributed by atoms with Gasteiger partial charge in [-0.25, -0.2) is 9.18 Å². The number of methoxy groups -OCH3 is 1. The molecule has 2 fully saturated rings. The zero-order valence-electron chi connectivity index (χ0n) is 24.9. The molecule has 10 heteroatoms. The fraction of sp³-hybridized carbons (Fsp3) is 0.364. The SMILES string of the molecule is COc1cc(-c2cccc(-c3cccc(NC(=O)C4CNC(=O)N(C)C4=O)c3C)c2C)cc(F)c1CNC1CCOCC1. The summed E-state index contributed by atoms with van der Waals surface area (Å²) in [5.41, 5.74) is 6.19. The first kappa shape index (κ1) is 30.2. The van der Waals surface area contributed by atoms with Gasteiger partial charge in [0.05, 0.1) is 7.11 Å². The van der Waals surface area contributed by atoms with E-state index in [0.29, 0.717) is 42.3 Å². The van der Waals surface area contributed by atoms with Crippen molar-refractivity contribution in [1.82, 2.24) is 15.5 Å². The summed E-state index contributed by atoms with van der Waals surface area (Å²) >= 11 is 0. The number of carbonyl (C=O) groups is 3. The van der Waals surface area contributed by atoms with Crippen LogP contribution in [-0.4, -0.2) is 62.7 Å². The Labute approximate surface area is 250 Å². The highest BCUT2D eigenvalue weighted by molar-refractivity contribution is 6.12. The molecule has 0 bridgehead atoms. The third-order valence-electron chi connectivity index (χ3n) is 8.40. The van der Waals surface area contributed by atoms with E-state index in [4.69, 9.17) is 9.47 Å². The summed E-state index contributed by atoms with van der Waals surface area (Å²) in [6.07, 6.45) is 1.79. The number of hydrogen-bond donors (Lipinski definition) is 3. The van der Waals surface area contributed by atoms with Crippen LogP contribution in [0.3, 0.4) is 0 Å². The van der Waals surface area contributed by atoms with Gasteiger partial charge in [0, 0.05) is 50.6 Å². The number of ether oxygens (including phenoxy) is 2. The Kier molecular flexibility index (Phi) is 9.08. The number of anilines is 1. The molecule has 3 aromatic carbocycles. The standard InChI is InChI=1S/C33H37FN4O5/c1-19-23(21-15-28(34)26(30(16-21)42-4)17-35-22-11-13-43-14-12-22)7-5-8-24(19)25-9-6-10-29(20(25)2)37-31(39)27-18-36-33(41)38(3)32(27)40/h5-10,15-16,22,27,35H,11-14,17-18H2,1-4H3,(H,36,41)(H,37,39). The van der Waals surface area contributed by atoms with Crippen LogP contribution < -0.4 is 20.7 Å². The fourth-order valence-corrected chi connectivity index (χ4v) is 5.73. The van der Waals surface area contributed by atoms with E-state index in [1.165, 1.54) is 7.05 Å². The Balaban J connectivity index is 1.41. The predicted molar refractivity (Wildman–Crippen MR) is 162 cm³/mol. The van der Waals surface area contributed by atoms with Crippen molar-refractivity contribution in [3.8, 4) is 28.0 Å². The molecule has 1 atom stereocenters. The van der Waals surface area contributed by atoms with Crippen molar-refractivity contribution < 1.29 is 28.2 Å². The topological polar surface area (TPSA) is 109 Å². The van der Waals surface area contributed by atoms with Gasteiger partial charge in [0.15, 0.2) is 0 Å². The van der Waals surface area contributed by atoms with Gasteiger partial charge in [0.2, 0.25) is 11.8 Å². The molecule has 1 unspecified atom stereocenters. The highest BCUT2D eigenvalue weighted by atomic mass is 19.1. The van der Waals surface area contributed by atoms with Gasteiger partial charge in [0.25, 0.3) is 0 Å². The van der Waals surface area contributed by atoms with Crippen molar-refractivity contribution in [2.45, 2.75) is 39.3 Å². The van der Waals surface area contributed by atoms with Gasteiger partial charge < -0.3 is 25.4 Å². The molecule has 0 radical (unpaired) electrons. The Morgan fingerprint density at radius 2 is 1.72 bits per heavy atom. The molecule has 0 aliphatic carbocycles. The van der Waals surface area contributed by atoms with Gasteiger partial charge in [0.1, 0.15) is 17.5 Å². The van der Waals surface area contributed by atoms with Crippen molar-refractivity contribution in [3.63, 3.8) is 0 Å². The van der Waals surface area contributed by atoms with E-state index in [1.807, 2.05) is 50.2 Å². The fourth-order valence-electron chi connectivity index (χ4n) is 5.73. The molecule has 2 heterocycles. The Bertz CT molecular complexity index is 1550. The van der Waals surface area contributed by atoms with Crippen LogP contribution in [-0.2, 0) is 20.9 Å². The number of nitrogens with one attached hydrogen (secondary N) is 3. The first-order chi connectivity index (χ1) is 20.7. The number of rotatable bonds is 8. The maximum absolute atomic E-state index is 15.5. The van der Waals surface area contributed by atoms with E-state index >= 15 is 4.39 Å². The largest absolute Gasteiger partial charge is 0.496 e. The van der Waals surface area contributed by atoms with Gasteiger partial charge in [-0.3, -0.25) is 14.5 Å². The van der Waals surface area contributed by atoms with Crippen molar-refractivity contribution in [3.05, 3.63) is 71.0 Å². The molecule has 3 N–H and O–H groups in total. The molecule has 3 aromatic rings. The van der Waals surface area contributed by atoms with Crippen molar-refractivity contribution in [2.24, 2.45) is 5.92 Å². The van der Waals surface area contributed by atoms with E-state index in [0.717, 1.165) is 45.6 Å². The van der Waals surface area contributed by atoms with Gasteiger partial charge >= 0.3 is 6.03 Å². The lowest BCUT2D eigenvalue weighted by atomic mass is 9.90. The highest BCUT2D eigenvalue weighted by Crippen LogP contribution is 2.38. The number of carbonyl (C=O) groups excluding carboxylic acids is 3. The van der Waals surface area contributed by atoms with Crippen LogP contribution in [0.15, 0.2) is 48.5 Å². The summed E-state index contributed by atoms with van der Waals surface area (Å²) in [6, 6.07) is 14.6. The second-order valence-electron chi connectivity index (χ2n) is 11.0. The van der Waals surface area contributed by atoms with Crippen LogP contribution in [0.5, 0.6) is 5.75 Å². The first-order valence-corrected chi connectivity index (χ1v) is 14.4. The van der Waals surface area contributed by atoms with Gasteiger partial charge in [-0.1, -0.05) is 30.3 Å². The number of nitrogens with zero attached hydrogens (tertiary/aromatic N) is 1. The molecule has 9 nitrogen and oxygen atoms in total. The van der Waals surface area contributed by atoms with Crippen LogP contribution >= 0.6 is 0 Å². The Morgan fingerprint density at radius 3 is 2.44 bits per heavy atom. The normalized spacial score (nSPS) is 17.5. The molecule has 4 amide bonds. The number of hydrogen-bond acceptors (Lipinski definition) is 6. The van der Waals surface area contributed by atoms with Crippen LogP contribution in [0.1, 0.15) is 29.5 Å². The van der Waals surface area contributed by atoms with E-state index < -0.39 is 23.8 Å². The Morgan fingerprint density at radius 1 is 1.05 bits per heavy atom. The molecule has 2 saturated heterocycles. The van der Waals surface area contributed by atoms with Gasteiger partial charge in [-0.05, 0) is 78.3 Å². The van der Waals surface area contributed by atoms with Crippen molar-refractivity contribution >= 4 is 23.5 Å². The van der Waals surface area contributed by atoms with Crippen LogP contribution in [0, 0.1) is 25.6 Å². The van der Waals surface area contributed by atoms with Gasteiger partial charge in [-0.15, -0.1) is 0 Å². The van der Waals surface area contributed by atoms with E-state index in [1.54, 1.807) is 19.2 Å². The van der Waals surface area contributed by atoms with Crippen molar-refractivity contribution in [1.29, 1.82) is 0 Å². The summed E-state index contributed by atoms with van der Waals surface area (Å²) in [4.78, 5) is 38.2. The summed E-state index contributed by atoms with van der Waals surface area (Å²) in [5.74, 6) is -1.91. The number of benzene rings is 3. The lowest BCUT2D eigenvalue weighted by Crippen LogP contribution is -2.56. The highest BCUT2D eigenvalue weighted by Gasteiger charge is 2.36. The number of halogens is 1. The molecule has 0 saturated carbocycles. The van der Waals surface area contributed by atoms with Gasteiger partial charge in [-0.2, -0.15) is 0 Å². The van der Waals surface area contributed by atoms with E-state index in [9.17, 15) is 14.4 Å². The minimum atomic E-state index is -1.02. The van der Waals surface area contributed by atoms with Crippen LogP contribution in [0.25, 0.3) is 22.3 Å². The smallest absolute Gasteiger partial charge is 0.323 e.